The van der Waals surface area contributed by atoms with Crippen LogP contribution in [0, 0.1) is 0 Å². The molecule has 0 rings (SSSR count). The molecule has 40 heavy (non-hydrogen) atoms. The highest BCUT2D eigenvalue weighted by Gasteiger charge is 1.97. The lowest BCUT2D eigenvalue weighted by atomic mass is 10.0. The van der Waals surface area contributed by atoms with Gasteiger partial charge in [0.15, 0.2) is 0 Å². The fraction of sp³-hybridized carbons (Fsp3) is 1.00. The van der Waals surface area contributed by atoms with Crippen molar-refractivity contribution in [1.29, 1.82) is 0 Å². The van der Waals surface area contributed by atoms with Crippen LogP contribution in [0.3, 0.4) is 0 Å². The summed E-state index contributed by atoms with van der Waals surface area (Å²) in [5.74, 6) is 0. The van der Waals surface area contributed by atoms with Crippen LogP contribution in [-0.2, 0) is 37.9 Å². The largest absolute Gasteiger partial charge is 0.379 e. The number of unbranched alkanes of at least 4 members (excludes halogenated alkanes) is 12. The van der Waals surface area contributed by atoms with Crippen LogP contribution < -0.4 is 0 Å². The van der Waals surface area contributed by atoms with E-state index in [1.807, 2.05) is 0 Å². The Bertz CT molecular complexity index is 396. The lowest BCUT2D eigenvalue weighted by Crippen LogP contribution is -2.15. The van der Waals surface area contributed by atoms with Crippen LogP contribution in [0.15, 0.2) is 0 Å². The zero-order chi connectivity index (χ0) is 28.9. The molecular weight excluding hydrogens is 519 g/mol. The molecule has 0 aliphatic carbocycles. The van der Waals surface area contributed by atoms with Crippen LogP contribution in [0.1, 0.15) is 90.4 Å². The van der Waals surface area contributed by atoms with E-state index < -0.39 is 6.67 Å². The van der Waals surface area contributed by atoms with Gasteiger partial charge in [0, 0.05) is 6.61 Å². The van der Waals surface area contributed by atoms with E-state index in [1.165, 1.54) is 77.0 Å². The van der Waals surface area contributed by atoms with Gasteiger partial charge in [-0.2, -0.15) is 0 Å². The summed E-state index contributed by atoms with van der Waals surface area (Å²) in [7, 11) is 0. The first-order chi connectivity index (χ1) is 19.9. The molecule has 0 aromatic rings. The molecule has 0 aromatic heterocycles. The smallest absolute Gasteiger partial charge is 0.113 e. The van der Waals surface area contributed by atoms with Crippen LogP contribution in [0.5, 0.6) is 0 Å². The van der Waals surface area contributed by atoms with Gasteiger partial charge in [-0.3, -0.25) is 0 Å². The first-order valence-electron chi connectivity index (χ1n) is 16.1. The molecule has 0 radical (unpaired) electrons. The number of hydrogen-bond donors (Lipinski definition) is 0. The Morgan fingerprint density at radius 2 is 0.500 bits per heavy atom. The Labute approximate surface area is 245 Å². The average molecular weight is 583 g/mol. The summed E-state index contributed by atoms with van der Waals surface area (Å²) in [4.78, 5) is 0. The van der Waals surface area contributed by atoms with Gasteiger partial charge < -0.3 is 37.9 Å². The maximum atomic E-state index is 11.8. The summed E-state index contributed by atoms with van der Waals surface area (Å²) in [5, 5.41) is 0. The van der Waals surface area contributed by atoms with Gasteiger partial charge in [-0.05, 0) is 6.42 Å². The van der Waals surface area contributed by atoms with Gasteiger partial charge in [0.2, 0.25) is 0 Å². The highest BCUT2D eigenvalue weighted by molar-refractivity contribution is 4.49. The highest BCUT2D eigenvalue weighted by Crippen LogP contribution is 2.12. The van der Waals surface area contributed by atoms with E-state index in [4.69, 9.17) is 37.9 Å². The van der Waals surface area contributed by atoms with Gasteiger partial charge in [-0.25, -0.2) is 4.39 Å². The van der Waals surface area contributed by atoms with Crippen molar-refractivity contribution in [3.05, 3.63) is 0 Å². The molecule has 0 saturated carbocycles. The average Bonchev–Trinajstić information content (AvgIpc) is 2.97. The third-order valence-corrected chi connectivity index (χ3v) is 6.22. The Balaban J connectivity index is 3.01. The zero-order valence-corrected chi connectivity index (χ0v) is 25.9. The van der Waals surface area contributed by atoms with E-state index in [0.29, 0.717) is 92.5 Å². The molecule has 0 aliphatic rings. The Kier molecular flexibility index (Phi) is 38.2. The van der Waals surface area contributed by atoms with Gasteiger partial charge in [-0.1, -0.05) is 84.0 Å². The first kappa shape index (κ1) is 39.6. The van der Waals surface area contributed by atoms with Gasteiger partial charge in [0.1, 0.15) is 6.67 Å². The topological polar surface area (TPSA) is 73.8 Å². The molecular formula is C31H63FO8. The highest BCUT2D eigenvalue weighted by atomic mass is 19.1. The van der Waals surface area contributed by atoms with Crippen LogP contribution in [0.2, 0.25) is 0 Å². The van der Waals surface area contributed by atoms with E-state index in [2.05, 4.69) is 6.92 Å². The summed E-state index contributed by atoms with van der Waals surface area (Å²) < 4.78 is 55.0. The van der Waals surface area contributed by atoms with Crippen molar-refractivity contribution in [2.75, 3.05) is 112 Å². The molecule has 0 aromatic carbocycles. The van der Waals surface area contributed by atoms with E-state index in [1.54, 1.807) is 0 Å². The molecule has 0 amide bonds. The molecule has 0 fully saturated rings. The molecule has 0 aliphatic heterocycles. The molecule has 0 heterocycles. The van der Waals surface area contributed by atoms with Gasteiger partial charge >= 0.3 is 0 Å². The quantitative estimate of drug-likeness (QED) is 0.0804. The first-order valence-corrected chi connectivity index (χ1v) is 16.1. The van der Waals surface area contributed by atoms with Crippen molar-refractivity contribution in [3.8, 4) is 0 Å². The van der Waals surface area contributed by atoms with Crippen molar-refractivity contribution >= 4 is 0 Å². The molecule has 0 N–H and O–H groups in total. The van der Waals surface area contributed by atoms with Gasteiger partial charge in [0.05, 0.1) is 99.1 Å². The maximum Gasteiger partial charge on any atom is 0.113 e. The second-order valence-corrected chi connectivity index (χ2v) is 9.83. The normalized spacial score (nSPS) is 11.6. The zero-order valence-electron chi connectivity index (χ0n) is 25.9. The molecule has 0 unspecified atom stereocenters. The van der Waals surface area contributed by atoms with Crippen LogP contribution >= 0.6 is 0 Å². The van der Waals surface area contributed by atoms with Crippen LogP contribution in [-0.4, -0.2) is 112 Å². The summed E-state index contributed by atoms with van der Waals surface area (Å²) in [6.07, 6.45) is 17.8. The monoisotopic (exact) mass is 582 g/mol. The van der Waals surface area contributed by atoms with Crippen molar-refractivity contribution in [2.45, 2.75) is 90.4 Å². The predicted molar refractivity (Wildman–Crippen MR) is 158 cm³/mol. The van der Waals surface area contributed by atoms with Crippen molar-refractivity contribution < 1.29 is 42.3 Å². The minimum Gasteiger partial charge on any atom is -0.379 e. The summed E-state index contributed by atoms with van der Waals surface area (Å²) in [6.45, 7) is 10.2. The molecule has 9 heteroatoms. The summed E-state index contributed by atoms with van der Waals surface area (Å²) >= 11 is 0. The van der Waals surface area contributed by atoms with Gasteiger partial charge in [-0.15, -0.1) is 0 Å². The minimum atomic E-state index is -0.465. The SMILES string of the molecule is CCCCCCCCCCCCCCCOCCOCCOCCOCCOCCOCCOCCOCCF. The number of rotatable bonds is 37. The minimum absolute atomic E-state index is 0.124. The Morgan fingerprint density at radius 3 is 0.775 bits per heavy atom. The van der Waals surface area contributed by atoms with E-state index >= 15 is 0 Å². The maximum absolute atomic E-state index is 11.8. The second kappa shape index (κ2) is 38.6. The Hall–Kier alpha value is -0.390. The fourth-order valence-electron chi connectivity index (χ4n) is 3.92. The van der Waals surface area contributed by atoms with Crippen LogP contribution in [0.25, 0.3) is 0 Å². The van der Waals surface area contributed by atoms with Crippen LogP contribution in [0.4, 0.5) is 4.39 Å². The lowest BCUT2D eigenvalue weighted by molar-refractivity contribution is -0.0233. The van der Waals surface area contributed by atoms with Crippen molar-refractivity contribution in [2.24, 2.45) is 0 Å². The Morgan fingerprint density at radius 1 is 0.275 bits per heavy atom. The molecule has 8 nitrogen and oxygen atoms in total. The third-order valence-electron chi connectivity index (χ3n) is 6.22. The molecule has 0 saturated heterocycles. The fourth-order valence-corrected chi connectivity index (χ4v) is 3.92. The van der Waals surface area contributed by atoms with Crippen molar-refractivity contribution in [3.63, 3.8) is 0 Å². The van der Waals surface area contributed by atoms with E-state index in [-0.39, 0.29) is 6.61 Å². The lowest BCUT2D eigenvalue weighted by Gasteiger charge is -2.08. The molecule has 242 valence electrons. The predicted octanol–water partition coefficient (Wildman–Crippen LogP) is 6.18. The molecule has 0 spiro atoms. The van der Waals surface area contributed by atoms with Gasteiger partial charge in [0.25, 0.3) is 0 Å². The number of halogens is 1. The molecule has 0 bridgehead atoms. The summed E-state index contributed by atoms with van der Waals surface area (Å²) in [5.41, 5.74) is 0. The van der Waals surface area contributed by atoms with Crippen molar-refractivity contribution in [1.82, 2.24) is 0 Å². The third kappa shape index (κ3) is 37.6. The number of alkyl halides is 1. The van der Waals surface area contributed by atoms with E-state index in [0.717, 1.165) is 13.0 Å². The summed E-state index contributed by atoms with van der Waals surface area (Å²) in [6, 6.07) is 0. The molecule has 0 atom stereocenters. The number of ether oxygens (including phenoxy) is 8. The standard InChI is InChI=1S/C31H63FO8/c1-2-3-4-5-6-7-8-9-10-11-12-13-14-16-33-18-20-35-22-24-37-26-28-39-30-31-40-29-27-38-25-23-36-21-19-34-17-15-32/h2-31H2,1H3. The number of hydrogen-bond acceptors (Lipinski definition) is 8. The van der Waals surface area contributed by atoms with E-state index in [9.17, 15) is 4.39 Å². The second-order valence-electron chi connectivity index (χ2n) is 9.83.